The summed E-state index contributed by atoms with van der Waals surface area (Å²) in [5.74, 6) is 0. The minimum absolute atomic E-state index is 1.19. The van der Waals surface area contributed by atoms with Gasteiger partial charge in [-0.3, -0.25) is 0 Å². The molecule has 0 spiro atoms. The van der Waals surface area contributed by atoms with Crippen LogP contribution in [-0.2, 0) is 0 Å². The maximum Gasteiger partial charge on any atom is -0.00139 e. The Morgan fingerprint density at radius 3 is 1.77 bits per heavy atom. The highest BCUT2D eigenvalue weighted by atomic mass is 14.2. The topological polar surface area (TPSA) is 0 Å². The SMILES string of the molecule is [c]1cccc2c1cc1ccc3cc4c5ccccc5cc5ccc6cc2c1c3c6c54. The van der Waals surface area contributed by atoms with E-state index in [4.69, 9.17) is 0 Å². The van der Waals surface area contributed by atoms with Gasteiger partial charge in [0.05, 0.1) is 0 Å². The zero-order chi connectivity index (χ0) is 19.4. The van der Waals surface area contributed by atoms with Gasteiger partial charge in [0.15, 0.2) is 0 Å². The summed E-state index contributed by atoms with van der Waals surface area (Å²) in [6.45, 7) is 0. The molecule has 0 nitrogen and oxygen atoms in total. The Balaban J connectivity index is 1.77. The molecule has 0 heteroatoms. The fraction of sp³-hybridized carbons (Fsp3) is 0. The maximum atomic E-state index is 3.43. The Labute approximate surface area is 172 Å². The lowest BCUT2D eigenvalue weighted by Crippen LogP contribution is -1.91. The first-order valence-electron chi connectivity index (χ1n) is 10.5. The molecule has 0 aliphatic carbocycles. The number of fused-ring (bicyclic) bond motifs is 4. The van der Waals surface area contributed by atoms with Crippen LogP contribution < -0.4 is 0 Å². The van der Waals surface area contributed by atoms with E-state index >= 15 is 0 Å². The van der Waals surface area contributed by atoms with E-state index in [-0.39, 0.29) is 0 Å². The van der Waals surface area contributed by atoms with E-state index in [0.717, 1.165) is 0 Å². The Hall–Kier alpha value is -3.90. The quantitative estimate of drug-likeness (QED) is 0.184. The molecule has 0 saturated heterocycles. The van der Waals surface area contributed by atoms with Gasteiger partial charge in [-0.15, -0.1) is 0 Å². The van der Waals surface area contributed by atoms with Crippen LogP contribution in [0.3, 0.4) is 0 Å². The van der Waals surface area contributed by atoms with E-state index in [0.29, 0.717) is 0 Å². The first-order chi connectivity index (χ1) is 14.9. The number of hydrogen-bond donors (Lipinski definition) is 0. The van der Waals surface area contributed by atoms with Gasteiger partial charge >= 0.3 is 0 Å². The summed E-state index contributed by atoms with van der Waals surface area (Å²) < 4.78 is 0. The molecule has 8 rings (SSSR count). The smallest absolute Gasteiger partial charge is 0.00139 e. The first kappa shape index (κ1) is 15.0. The van der Waals surface area contributed by atoms with Crippen molar-refractivity contribution in [2.45, 2.75) is 0 Å². The van der Waals surface area contributed by atoms with Crippen LogP contribution in [0, 0.1) is 6.07 Å². The van der Waals surface area contributed by atoms with Crippen molar-refractivity contribution in [3.8, 4) is 0 Å². The Bertz CT molecular complexity index is 1790. The third-order valence-electron chi connectivity index (χ3n) is 6.97. The normalized spacial score (nSPS) is 12.7. The number of benzene rings is 8. The molecule has 0 amide bonds. The van der Waals surface area contributed by atoms with Crippen LogP contribution in [-0.4, -0.2) is 0 Å². The molecule has 0 N–H and O–H groups in total. The van der Waals surface area contributed by atoms with Crippen LogP contribution in [0.5, 0.6) is 0 Å². The van der Waals surface area contributed by atoms with E-state index in [1.54, 1.807) is 0 Å². The second-order valence-electron chi connectivity index (χ2n) is 8.48. The lowest BCUT2D eigenvalue weighted by Gasteiger charge is -2.19. The van der Waals surface area contributed by atoms with E-state index in [1.165, 1.54) is 75.4 Å². The van der Waals surface area contributed by atoms with Gasteiger partial charge in [-0.25, -0.2) is 0 Å². The summed E-state index contributed by atoms with van der Waals surface area (Å²) in [7, 11) is 0. The fourth-order valence-electron chi connectivity index (χ4n) is 5.75. The predicted octanol–water partition coefficient (Wildman–Crippen LogP) is 8.43. The monoisotopic (exact) mass is 375 g/mol. The van der Waals surface area contributed by atoms with Gasteiger partial charge in [-0.2, -0.15) is 0 Å². The standard InChI is InChI=1S/C30H15/c1-3-7-23-17(5-1)13-19-9-11-22-16-26-24-8-4-2-6-18(24)14-20-10-12-21-15-25(23)27(19)29(22)30(21)28(20)26/h1-5,7-16H. The maximum absolute atomic E-state index is 3.43. The molecule has 1 radical (unpaired) electrons. The van der Waals surface area contributed by atoms with Gasteiger partial charge in [-0.05, 0) is 106 Å². The summed E-state index contributed by atoms with van der Waals surface area (Å²) in [4.78, 5) is 0. The van der Waals surface area contributed by atoms with E-state index in [1.807, 2.05) is 6.07 Å². The second-order valence-corrected chi connectivity index (χ2v) is 8.48. The molecule has 0 bridgehead atoms. The third-order valence-corrected chi connectivity index (χ3v) is 6.97. The minimum Gasteiger partial charge on any atom is -0.0616 e. The van der Waals surface area contributed by atoms with Crippen molar-refractivity contribution in [3.63, 3.8) is 0 Å². The van der Waals surface area contributed by atoms with Gasteiger partial charge in [-0.1, -0.05) is 66.7 Å². The number of rotatable bonds is 0. The highest BCUT2D eigenvalue weighted by Crippen LogP contribution is 2.46. The number of hydrogen-bond acceptors (Lipinski definition) is 0. The van der Waals surface area contributed by atoms with Crippen LogP contribution in [0.25, 0.3) is 75.4 Å². The van der Waals surface area contributed by atoms with Crippen molar-refractivity contribution >= 4 is 75.4 Å². The van der Waals surface area contributed by atoms with E-state index < -0.39 is 0 Å². The molecule has 0 atom stereocenters. The van der Waals surface area contributed by atoms with Gasteiger partial charge in [0.1, 0.15) is 0 Å². The fourth-order valence-corrected chi connectivity index (χ4v) is 5.75. The van der Waals surface area contributed by atoms with Crippen LogP contribution in [0.15, 0.2) is 91.0 Å². The van der Waals surface area contributed by atoms with E-state index in [2.05, 4.69) is 91.0 Å². The first-order valence-corrected chi connectivity index (χ1v) is 10.5. The minimum atomic E-state index is 1.19. The highest BCUT2D eigenvalue weighted by molar-refractivity contribution is 6.40. The Morgan fingerprint density at radius 1 is 0.400 bits per heavy atom. The lowest BCUT2D eigenvalue weighted by atomic mass is 9.84. The average Bonchev–Trinajstić information content (AvgIpc) is 2.80. The third kappa shape index (κ3) is 1.66. The van der Waals surface area contributed by atoms with Crippen molar-refractivity contribution in [2.75, 3.05) is 0 Å². The summed E-state index contributed by atoms with van der Waals surface area (Å²) in [5, 5.41) is 18.7. The molecule has 30 heavy (non-hydrogen) atoms. The van der Waals surface area contributed by atoms with Gasteiger partial charge < -0.3 is 0 Å². The van der Waals surface area contributed by atoms with Crippen LogP contribution >= 0.6 is 0 Å². The molecule has 0 aliphatic heterocycles. The molecule has 0 aliphatic rings. The Morgan fingerprint density at radius 2 is 1.00 bits per heavy atom. The largest absolute Gasteiger partial charge is 0.0616 e. The molecule has 0 heterocycles. The van der Waals surface area contributed by atoms with Crippen molar-refractivity contribution in [1.29, 1.82) is 0 Å². The lowest BCUT2D eigenvalue weighted by molar-refractivity contribution is 1.78. The summed E-state index contributed by atoms with van der Waals surface area (Å²) in [6, 6.07) is 37.2. The van der Waals surface area contributed by atoms with Crippen molar-refractivity contribution < 1.29 is 0 Å². The summed E-state index contributed by atoms with van der Waals surface area (Å²) in [5.41, 5.74) is 0. The molecular formula is C30H15. The van der Waals surface area contributed by atoms with Crippen LogP contribution in [0.2, 0.25) is 0 Å². The summed E-state index contributed by atoms with van der Waals surface area (Å²) >= 11 is 0. The molecule has 0 aromatic heterocycles. The van der Waals surface area contributed by atoms with Crippen molar-refractivity contribution in [1.82, 2.24) is 0 Å². The van der Waals surface area contributed by atoms with Crippen molar-refractivity contribution in [2.24, 2.45) is 0 Å². The zero-order valence-corrected chi connectivity index (χ0v) is 16.2. The van der Waals surface area contributed by atoms with Gasteiger partial charge in [0, 0.05) is 0 Å². The molecule has 8 aromatic rings. The van der Waals surface area contributed by atoms with Gasteiger partial charge in [0.25, 0.3) is 0 Å². The molecule has 135 valence electrons. The van der Waals surface area contributed by atoms with Crippen LogP contribution in [0.4, 0.5) is 0 Å². The molecule has 8 aromatic carbocycles. The van der Waals surface area contributed by atoms with E-state index in [9.17, 15) is 0 Å². The van der Waals surface area contributed by atoms with Crippen molar-refractivity contribution in [3.05, 3.63) is 97.1 Å². The molecule has 0 fully saturated rings. The zero-order valence-electron chi connectivity index (χ0n) is 16.2. The molecule has 0 unspecified atom stereocenters. The highest BCUT2D eigenvalue weighted by Gasteiger charge is 2.18. The summed E-state index contributed by atoms with van der Waals surface area (Å²) in [6.07, 6.45) is 0. The Kier molecular flexibility index (Phi) is 2.49. The second kappa shape index (κ2) is 4.98. The molecule has 0 saturated carbocycles. The van der Waals surface area contributed by atoms with Crippen LogP contribution in [0.1, 0.15) is 0 Å². The van der Waals surface area contributed by atoms with Gasteiger partial charge in [0.2, 0.25) is 0 Å². The predicted molar refractivity (Wildman–Crippen MR) is 130 cm³/mol. The average molecular weight is 375 g/mol. The molecular weight excluding hydrogens is 360 g/mol.